The van der Waals surface area contributed by atoms with Gasteiger partial charge in [0.05, 0.1) is 22.3 Å². The Morgan fingerprint density at radius 1 is 0.763 bits per heavy atom. The topological polar surface area (TPSA) is 36.4 Å². The van der Waals surface area contributed by atoms with Gasteiger partial charge in [0.2, 0.25) is 0 Å². The molecular weight excluding hydrogens is 511 g/mol. The number of para-hydroxylation sites is 1. The Labute approximate surface area is 240 Å². The van der Waals surface area contributed by atoms with Crippen molar-refractivity contribution in [2.45, 2.75) is 97.0 Å². The molecule has 1 atom stereocenters. The van der Waals surface area contributed by atoms with E-state index in [-0.39, 0.29) is 0 Å². The van der Waals surface area contributed by atoms with Crippen molar-refractivity contribution in [3.05, 3.63) is 64.1 Å². The van der Waals surface area contributed by atoms with Crippen molar-refractivity contribution >= 4 is 34.1 Å². The third-order valence-electron chi connectivity index (χ3n) is 7.41. The molecule has 0 aliphatic carbocycles. The maximum atomic E-state index is 11.6. The van der Waals surface area contributed by atoms with Crippen molar-refractivity contribution in [3.63, 3.8) is 0 Å². The van der Waals surface area contributed by atoms with Crippen LogP contribution >= 0.6 is 23.2 Å². The van der Waals surface area contributed by atoms with E-state index in [1.54, 1.807) is 0 Å². The van der Waals surface area contributed by atoms with Crippen LogP contribution in [0.1, 0.15) is 103 Å². The highest BCUT2D eigenvalue weighted by Crippen LogP contribution is 2.33. The normalized spacial score (nSPS) is 12.5. The van der Waals surface area contributed by atoms with Crippen molar-refractivity contribution in [1.29, 1.82) is 0 Å². The Morgan fingerprint density at radius 2 is 1.34 bits per heavy atom. The van der Waals surface area contributed by atoms with Crippen LogP contribution in [-0.2, 0) is 0 Å². The lowest BCUT2D eigenvalue weighted by Crippen LogP contribution is -2.31. The number of halogens is 2. The van der Waals surface area contributed by atoms with Crippen LogP contribution in [-0.4, -0.2) is 34.6 Å². The van der Waals surface area contributed by atoms with Gasteiger partial charge in [0.25, 0.3) is 0 Å². The molecule has 1 heterocycles. The molecule has 3 nitrogen and oxygen atoms in total. The zero-order valence-corrected chi connectivity index (χ0v) is 24.9. The van der Waals surface area contributed by atoms with Crippen molar-refractivity contribution < 1.29 is 5.11 Å². The maximum Gasteiger partial charge on any atom is 0.0924 e. The summed E-state index contributed by atoms with van der Waals surface area (Å²) >= 11 is 12.7. The molecule has 38 heavy (non-hydrogen) atoms. The zero-order chi connectivity index (χ0) is 27.2. The molecule has 0 radical (unpaired) electrons. The Kier molecular flexibility index (Phi) is 13.9. The molecule has 1 unspecified atom stereocenters. The summed E-state index contributed by atoms with van der Waals surface area (Å²) in [5.74, 6) is 0. The monoisotopic (exact) mass is 556 g/mol. The molecule has 0 bridgehead atoms. The fraction of sp³-hybridized carbons (Fsp3) is 0.545. The number of aliphatic hydroxyl groups is 1. The maximum absolute atomic E-state index is 11.6. The molecule has 0 amide bonds. The lowest BCUT2D eigenvalue weighted by molar-refractivity contribution is 0.111. The third-order valence-corrected chi connectivity index (χ3v) is 7.97. The first-order valence-corrected chi connectivity index (χ1v) is 15.5. The number of benzene rings is 2. The van der Waals surface area contributed by atoms with E-state index in [2.05, 4.69) is 18.7 Å². The second-order valence-electron chi connectivity index (χ2n) is 10.6. The van der Waals surface area contributed by atoms with Gasteiger partial charge in [0.15, 0.2) is 0 Å². The average molecular weight is 558 g/mol. The Hall–Kier alpha value is -1.65. The van der Waals surface area contributed by atoms with Crippen LogP contribution in [0.25, 0.3) is 22.2 Å². The lowest BCUT2D eigenvalue weighted by atomic mass is 9.99. The van der Waals surface area contributed by atoms with Crippen LogP contribution in [0.5, 0.6) is 0 Å². The molecular formula is C33H46Cl2N2O. The van der Waals surface area contributed by atoms with Crippen LogP contribution in [0.15, 0.2) is 48.5 Å². The molecule has 0 aliphatic rings. The number of hydrogen-bond donors (Lipinski definition) is 1. The fourth-order valence-electron chi connectivity index (χ4n) is 5.15. The van der Waals surface area contributed by atoms with E-state index in [4.69, 9.17) is 28.2 Å². The highest BCUT2D eigenvalue weighted by Gasteiger charge is 2.19. The lowest BCUT2D eigenvalue weighted by Gasteiger charge is -2.26. The van der Waals surface area contributed by atoms with Gasteiger partial charge in [-0.1, -0.05) is 126 Å². The highest BCUT2D eigenvalue weighted by molar-refractivity contribution is 6.35. The van der Waals surface area contributed by atoms with Gasteiger partial charge in [-0.15, -0.1) is 0 Å². The summed E-state index contributed by atoms with van der Waals surface area (Å²) in [7, 11) is 0. The van der Waals surface area contributed by atoms with E-state index in [1.165, 1.54) is 77.0 Å². The summed E-state index contributed by atoms with van der Waals surface area (Å²) in [6, 6.07) is 15.5. The van der Waals surface area contributed by atoms with E-state index < -0.39 is 6.10 Å². The highest BCUT2D eigenvalue weighted by atomic mass is 35.5. The molecule has 1 N–H and O–H groups in total. The summed E-state index contributed by atoms with van der Waals surface area (Å²) in [5, 5.41) is 13.8. The number of fused-ring (bicyclic) bond motifs is 1. The first-order valence-electron chi connectivity index (χ1n) is 14.8. The van der Waals surface area contributed by atoms with Gasteiger partial charge in [0.1, 0.15) is 0 Å². The molecule has 1 aromatic heterocycles. The summed E-state index contributed by atoms with van der Waals surface area (Å²) in [5.41, 5.74) is 3.38. The van der Waals surface area contributed by atoms with Crippen molar-refractivity contribution in [2.75, 3.05) is 19.6 Å². The number of aromatic nitrogens is 1. The standard InChI is InChI=1S/C33H46Cl2N2O/c1-3-5-7-9-11-13-22-37(23-14-12-10-8-6-4-2)25-32(38)29-24-31(26-18-20-27(34)21-19-26)36-33-28(29)16-15-17-30(33)35/h15-21,24,32,38H,3-14,22-23,25H2,1-2H3. The van der Waals surface area contributed by atoms with Gasteiger partial charge in [-0.05, 0) is 55.8 Å². The number of nitrogens with zero attached hydrogens (tertiary/aromatic N) is 2. The van der Waals surface area contributed by atoms with Crippen molar-refractivity contribution in [1.82, 2.24) is 9.88 Å². The van der Waals surface area contributed by atoms with Gasteiger partial charge in [-0.25, -0.2) is 4.98 Å². The van der Waals surface area contributed by atoms with E-state index in [0.29, 0.717) is 16.6 Å². The molecule has 208 valence electrons. The fourth-order valence-corrected chi connectivity index (χ4v) is 5.50. The van der Waals surface area contributed by atoms with E-state index in [1.807, 2.05) is 48.5 Å². The zero-order valence-electron chi connectivity index (χ0n) is 23.4. The first-order chi connectivity index (χ1) is 18.5. The number of pyridine rings is 1. The smallest absolute Gasteiger partial charge is 0.0924 e. The van der Waals surface area contributed by atoms with E-state index >= 15 is 0 Å². The first kappa shape index (κ1) is 30.9. The summed E-state index contributed by atoms with van der Waals surface area (Å²) in [4.78, 5) is 7.34. The molecule has 3 rings (SSSR count). The van der Waals surface area contributed by atoms with Gasteiger partial charge >= 0.3 is 0 Å². The summed E-state index contributed by atoms with van der Waals surface area (Å²) < 4.78 is 0. The van der Waals surface area contributed by atoms with Gasteiger partial charge in [-0.2, -0.15) is 0 Å². The molecule has 5 heteroatoms. The molecule has 0 fully saturated rings. The summed E-state index contributed by atoms with van der Waals surface area (Å²) in [6.07, 6.45) is 14.7. The number of rotatable bonds is 18. The second kappa shape index (κ2) is 17.1. The minimum Gasteiger partial charge on any atom is -0.387 e. The Morgan fingerprint density at radius 3 is 1.95 bits per heavy atom. The summed E-state index contributed by atoms with van der Waals surface area (Å²) in [6.45, 7) is 7.21. The van der Waals surface area contributed by atoms with E-state index in [0.717, 1.165) is 40.8 Å². The second-order valence-corrected chi connectivity index (χ2v) is 11.4. The van der Waals surface area contributed by atoms with Crippen LogP contribution in [0.3, 0.4) is 0 Å². The Balaban J connectivity index is 1.77. The average Bonchev–Trinajstić information content (AvgIpc) is 2.92. The predicted molar refractivity (Wildman–Crippen MR) is 165 cm³/mol. The minimum atomic E-state index is -0.620. The quantitative estimate of drug-likeness (QED) is 0.158. The Bertz CT molecular complexity index is 1070. The van der Waals surface area contributed by atoms with Crippen LogP contribution in [0, 0.1) is 0 Å². The minimum absolute atomic E-state index is 0.600. The van der Waals surface area contributed by atoms with Crippen LogP contribution in [0.2, 0.25) is 10.0 Å². The van der Waals surface area contributed by atoms with Gasteiger partial charge < -0.3 is 10.0 Å². The van der Waals surface area contributed by atoms with Crippen molar-refractivity contribution in [3.8, 4) is 11.3 Å². The molecule has 3 aromatic rings. The molecule has 0 aliphatic heterocycles. The molecule has 0 spiro atoms. The van der Waals surface area contributed by atoms with Gasteiger partial charge in [-0.3, -0.25) is 0 Å². The van der Waals surface area contributed by atoms with Crippen LogP contribution in [0.4, 0.5) is 0 Å². The molecule has 0 saturated heterocycles. The van der Waals surface area contributed by atoms with Crippen LogP contribution < -0.4 is 0 Å². The predicted octanol–water partition coefficient (Wildman–Crippen LogP) is 10.3. The van der Waals surface area contributed by atoms with Gasteiger partial charge in [0, 0.05) is 22.5 Å². The van der Waals surface area contributed by atoms with E-state index in [9.17, 15) is 5.11 Å². The SMILES string of the molecule is CCCCCCCCN(CCCCCCCC)CC(O)c1cc(-c2ccc(Cl)cc2)nc2c(Cl)cccc12. The van der Waals surface area contributed by atoms with Crippen molar-refractivity contribution in [2.24, 2.45) is 0 Å². The number of aliphatic hydroxyl groups excluding tert-OH is 1. The number of hydrogen-bond acceptors (Lipinski definition) is 3. The molecule has 0 saturated carbocycles. The largest absolute Gasteiger partial charge is 0.387 e. The molecule has 2 aromatic carbocycles. The third kappa shape index (κ3) is 9.83. The number of unbranched alkanes of at least 4 members (excludes halogenated alkanes) is 10.